The predicted molar refractivity (Wildman–Crippen MR) is 81.5 cm³/mol. The SMILES string of the molecule is O=C(CCOCCC1=CCCC=C1)NC1CCCCC1. The van der Waals surface area contributed by atoms with Crippen molar-refractivity contribution in [2.45, 2.75) is 63.8 Å². The molecule has 1 amide bonds. The zero-order valence-corrected chi connectivity index (χ0v) is 12.4. The maximum Gasteiger partial charge on any atom is 0.222 e. The summed E-state index contributed by atoms with van der Waals surface area (Å²) in [6, 6.07) is 0.411. The summed E-state index contributed by atoms with van der Waals surface area (Å²) in [6.07, 6.45) is 16.6. The summed E-state index contributed by atoms with van der Waals surface area (Å²) >= 11 is 0. The van der Waals surface area contributed by atoms with Gasteiger partial charge in [-0.3, -0.25) is 4.79 Å². The van der Waals surface area contributed by atoms with Gasteiger partial charge in [0.1, 0.15) is 0 Å². The third kappa shape index (κ3) is 5.91. The third-order valence-corrected chi connectivity index (χ3v) is 4.05. The Morgan fingerprint density at radius 3 is 2.80 bits per heavy atom. The molecule has 2 aliphatic carbocycles. The average molecular weight is 277 g/mol. The van der Waals surface area contributed by atoms with E-state index in [2.05, 4.69) is 23.5 Å². The van der Waals surface area contributed by atoms with Crippen LogP contribution < -0.4 is 5.32 Å². The minimum absolute atomic E-state index is 0.147. The quantitative estimate of drug-likeness (QED) is 0.723. The highest BCUT2D eigenvalue weighted by atomic mass is 16.5. The van der Waals surface area contributed by atoms with E-state index in [1.807, 2.05) is 0 Å². The molecule has 0 aromatic rings. The molecule has 3 heteroatoms. The molecular formula is C17H27NO2. The minimum Gasteiger partial charge on any atom is -0.381 e. The number of nitrogens with one attached hydrogen (secondary N) is 1. The smallest absolute Gasteiger partial charge is 0.222 e. The number of amides is 1. The van der Waals surface area contributed by atoms with Crippen molar-refractivity contribution in [2.75, 3.05) is 13.2 Å². The van der Waals surface area contributed by atoms with Gasteiger partial charge in [-0.05, 0) is 32.1 Å². The number of carbonyl (C=O) groups excluding carboxylic acids is 1. The summed E-state index contributed by atoms with van der Waals surface area (Å²) in [4.78, 5) is 11.8. The first-order chi connectivity index (χ1) is 9.84. The molecule has 1 saturated carbocycles. The zero-order chi connectivity index (χ0) is 14.0. The van der Waals surface area contributed by atoms with Gasteiger partial charge in [0.15, 0.2) is 0 Å². The summed E-state index contributed by atoms with van der Waals surface area (Å²) < 4.78 is 5.56. The van der Waals surface area contributed by atoms with E-state index in [1.165, 1.54) is 24.8 Å². The van der Waals surface area contributed by atoms with Crippen molar-refractivity contribution in [3.05, 3.63) is 23.8 Å². The first-order valence-electron chi connectivity index (χ1n) is 8.07. The fraction of sp³-hybridized carbons (Fsp3) is 0.706. The summed E-state index contributed by atoms with van der Waals surface area (Å²) in [5.41, 5.74) is 1.36. The molecule has 0 saturated heterocycles. The highest BCUT2D eigenvalue weighted by Crippen LogP contribution is 2.17. The van der Waals surface area contributed by atoms with E-state index < -0.39 is 0 Å². The molecule has 112 valence electrons. The van der Waals surface area contributed by atoms with Crippen LogP contribution in [0.2, 0.25) is 0 Å². The lowest BCUT2D eigenvalue weighted by Crippen LogP contribution is -2.36. The van der Waals surface area contributed by atoms with E-state index in [9.17, 15) is 4.79 Å². The van der Waals surface area contributed by atoms with Gasteiger partial charge in [0, 0.05) is 12.5 Å². The maximum absolute atomic E-state index is 11.8. The lowest BCUT2D eigenvalue weighted by atomic mass is 9.95. The third-order valence-electron chi connectivity index (χ3n) is 4.05. The van der Waals surface area contributed by atoms with E-state index in [0.29, 0.717) is 25.7 Å². The Labute approximate surface area is 122 Å². The summed E-state index contributed by atoms with van der Waals surface area (Å²) in [5, 5.41) is 3.12. The van der Waals surface area contributed by atoms with Gasteiger partial charge in [-0.15, -0.1) is 0 Å². The normalized spacial score (nSPS) is 19.7. The zero-order valence-electron chi connectivity index (χ0n) is 12.4. The largest absolute Gasteiger partial charge is 0.381 e. The van der Waals surface area contributed by atoms with Crippen molar-refractivity contribution < 1.29 is 9.53 Å². The predicted octanol–water partition coefficient (Wildman–Crippen LogP) is 3.51. The van der Waals surface area contributed by atoms with E-state index in [1.54, 1.807) is 0 Å². The van der Waals surface area contributed by atoms with Crippen LogP contribution in [-0.4, -0.2) is 25.2 Å². The molecule has 0 aromatic carbocycles. The summed E-state index contributed by atoms with van der Waals surface area (Å²) in [6.45, 7) is 1.25. The van der Waals surface area contributed by atoms with Crippen molar-refractivity contribution in [1.29, 1.82) is 0 Å². The Hall–Kier alpha value is -1.09. The van der Waals surface area contributed by atoms with Crippen molar-refractivity contribution >= 4 is 5.91 Å². The summed E-state index contributed by atoms with van der Waals surface area (Å²) in [7, 11) is 0. The van der Waals surface area contributed by atoms with Gasteiger partial charge in [-0.2, -0.15) is 0 Å². The molecule has 2 aliphatic rings. The Balaban J connectivity index is 1.48. The maximum atomic E-state index is 11.8. The van der Waals surface area contributed by atoms with Crippen LogP contribution in [0.3, 0.4) is 0 Å². The fourth-order valence-corrected chi connectivity index (χ4v) is 2.86. The van der Waals surface area contributed by atoms with Crippen LogP contribution >= 0.6 is 0 Å². The molecule has 0 radical (unpaired) electrons. The molecule has 0 heterocycles. The van der Waals surface area contributed by atoms with Gasteiger partial charge in [0.2, 0.25) is 5.91 Å². The van der Waals surface area contributed by atoms with Crippen LogP contribution in [0.15, 0.2) is 23.8 Å². The lowest BCUT2D eigenvalue weighted by molar-refractivity contribution is -0.123. The monoisotopic (exact) mass is 277 g/mol. The lowest BCUT2D eigenvalue weighted by Gasteiger charge is -2.22. The molecule has 1 N–H and O–H groups in total. The van der Waals surface area contributed by atoms with Crippen molar-refractivity contribution in [3.8, 4) is 0 Å². The highest BCUT2D eigenvalue weighted by molar-refractivity contribution is 5.76. The molecule has 20 heavy (non-hydrogen) atoms. The van der Waals surface area contributed by atoms with E-state index in [4.69, 9.17) is 4.74 Å². The molecular weight excluding hydrogens is 250 g/mol. The average Bonchev–Trinajstić information content (AvgIpc) is 2.49. The van der Waals surface area contributed by atoms with Gasteiger partial charge >= 0.3 is 0 Å². The van der Waals surface area contributed by atoms with Gasteiger partial charge in [0.05, 0.1) is 13.2 Å². The number of ether oxygens (including phenoxy) is 1. The molecule has 0 unspecified atom stereocenters. The molecule has 0 aliphatic heterocycles. The second kappa shape index (κ2) is 8.96. The van der Waals surface area contributed by atoms with Crippen LogP contribution in [0.1, 0.15) is 57.8 Å². The van der Waals surface area contributed by atoms with Crippen LogP contribution in [0.25, 0.3) is 0 Å². The molecule has 0 aromatic heterocycles. The Bertz CT molecular complexity index is 354. The standard InChI is InChI=1S/C17H27NO2/c19-17(18-16-9-5-2-6-10-16)12-14-20-13-11-15-7-3-1-4-8-15/h3,7-8,16H,1-2,4-6,9-14H2,(H,18,19). The van der Waals surface area contributed by atoms with Crippen LogP contribution in [0.4, 0.5) is 0 Å². The second-order valence-electron chi connectivity index (χ2n) is 5.77. The highest BCUT2D eigenvalue weighted by Gasteiger charge is 2.15. The van der Waals surface area contributed by atoms with E-state index >= 15 is 0 Å². The Morgan fingerprint density at radius 2 is 2.05 bits per heavy atom. The van der Waals surface area contributed by atoms with Gasteiger partial charge in [0.25, 0.3) is 0 Å². The van der Waals surface area contributed by atoms with E-state index in [-0.39, 0.29) is 5.91 Å². The second-order valence-corrected chi connectivity index (χ2v) is 5.77. The number of hydrogen-bond donors (Lipinski definition) is 1. The number of rotatable bonds is 7. The Kier molecular flexibility index (Phi) is 6.85. The number of carbonyl (C=O) groups is 1. The molecule has 0 atom stereocenters. The van der Waals surface area contributed by atoms with Gasteiger partial charge in [-0.25, -0.2) is 0 Å². The molecule has 2 rings (SSSR count). The van der Waals surface area contributed by atoms with Crippen LogP contribution in [0, 0.1) is 0 Å². The number of allylic oxidation sites excluding steroid dienone is 3. The molecule has 0 spiro atoms. The van der Waals surface area contributed by atoms with Gasteiger partial charge in [-0.1, -0.05) is 43.1 Å². The van der Waals surface area contributed by atoms with Gasteiger partial charge < -0.3 is 10.1 Å². The minimum atomic E-state index is 0.147. The summed E-state index contributed by atoms with van der Waals surface area (Å²) in [5.74, 6) is 0.147. The number of hydrogen-bond acceptors (Lipinski definition) is 2. The Morgan fingerprint density at radius 1 is 1.20 bits per heavy atom. The van der Waals surface area contributed by atoms with Crippen molar-refractivity contribution in [1.82, 2.24) is 5.32 Å². The fourth-order valence-electron chi connectivity index (χ4n) is 2.86. The van der Waals surface area contributed by atoms with Crippen molar-refractivity contribution in [3.63, 3.8) is 0 Å². The van der Waals surface area contributed by atoms with E-state index in [0.717, 1.165) is 32.1 Å². The van der Waals surface area contributed by atoms with Crippen LogP contribution in [-0.2, 0) is 9.53 Å². The molecule has 1 fully saturated rings. The first-order valence-corrected chi connectivity index (χ1v) is 8.07. The first kappa shape index (κ1) is 15.3. The molecule has 3 nitrogen and oxygen atoms in total. The molecule has 0 bridgehead atoms. The van der Waals surface area contributed by atoms with Crippen LogP contribution in [0.5, 0.6) is 0 Å². The topological polar surface area (TPSA) is 38.3 Å². The van der Waals surface area contributed by atoms with Crippen molar-refractivity contribution in [2.24, 2.45) is 0 Å².